The van der Waals surface area contributed by atoms with Crippen molar-refractivity contribution in [3.05, 3.63) is 28.2 Å². The summed E-state index contributed by atoms with van der Waals surface area (Å²) in [6, 6.07) is 6.10. The summed E-state index contributed by atoms with van der Waals surface area (Å²) in [5.74, 6) is 0.0786. The highest BCUT2D eigenvalue weighted by atomic mass is 79.9. The van der Waals surface area contributed by atoms with Gasteiger partial charge in [0, 0.05) is 28.3 Å². The highest BCUT2D eigenvalue weighted by molar-refractivity contribution is 9.10. The molecule has 0 aromatic heterocycles. The third kappa shape index (κ3) is 2.76. The van der Waals surface area contributed by atoms with Gasteiger partial charge in [-0.1, -0.05) is 21.1 Å². The van der Waals surface area contributed by atoms with Gasteiger partial charge in [0.15, 0.2) is 5.84 Å². The summed E-state index contributed by atoms with van der Waals surface area (Å²) >= 11 is 3.37. The minimum atomic E-state index is 0.0786. The van der Waals surface area contributed by atoms with E-state index in [9.17, 15) is 0 Å². The Hall–Kier alpha value is -1.27. The van der Waals surface area contributed by atoms with Crippen molar-refractivity contribution < 1.29 is 10.3 Å². The zero-order chi connectivity index (χ0) is 13.1. The van der Waals surface area contributed by atoms with Gasteiger partial charge in [-0.25, -0.2) is 0 Å². The van der Waals surface area contributed by atoms with Crippen molar-refractivity contribution in [3.63, 3.8) is 0 Å². The fraction of sp³-hybridized carbons (Fsp3) is 0.417. The molecule has 1 fully saturated rings. The van der Waals surface area contributed by atoms with Crippen molar-refractivity contribution in [3.8, 4) is 0 Å². The number of halogens is 1. The number of amidine groups is 1. The minimum absolute atomic E-state index is 0.0786. The molecule has 1 aromatic rings. The van der Waals surface area contributed by atoms with Crippen LogP contribution in [0.5, 0.6) is 0 Å². The fourth-order valence-corrected chi connectivity index (χ4v) is 2.37. The zero-order valence-corrected chi connectivity index (χ0v) is 11.5. The number of rotatable bonds is 5. The van der Waals surface area contributed by atoms with E-state index in [1.807, 2.05) is 18.2 Å². The summed E-state index contributed by atoms with van der Waals surface area (Å²) in [4.78, 5) is 2.11. The highest BCUT2D eigenvalue weighted by Crippen LogP contribution is 2.34. The van der Waals surface area contributed by atoms with E-state index in [1.165, 1.54) is 0 Å². The lowest BCUT2D eigenvalue weighted by Crippen LogP contribution is -2.31. The summed E-state index contributed by atoms with van der Waals surface area (Å²) in [7, 11) is 0. The van der Waals surface area contributed by atoms with Crippen LogP contribution in [0, 0.1) is 0 Å². The van der Waals surface area contributed by atoms with Crippen LogP contribution in [0.2, 0.25) is 0 Å². The van der Waals surface area contributed by atoms with Gasteiger partial charge in [0.25, 0.3) is 0 Å². The van der Waals surface area contributed by atoms with E-state index in [2.05, 4.69) is 26.0 Å². The molecule has 0 unspecified atom stereocenters. The van der Waals surface area contributed by atoms with Gasteiger partial charge in [-0.3, -0.25) is 0 Å². The lowest BCUT2D eigenvalue weighted by molar-refractivity contribution is 0.301. The Morgan fingerprint density at radius 3 is 2.78 bits per heavy atom. The maximum Gasteiger partial charge on any atom is 0.172 e. The lowest BCUT2D eigenvalue weighted by Gasteiger charge is -2.26. The molecule has 4 N–H and O–H groups in total. The third-order valence-electron chi connectivity index (χ3n) is 2.98. The van der Waals surface area contributed by atoms with Crippen molar-refractivity contribution in [1.82, 2.24) is 0 Å². The number of hydrogen-bond acceptors (Lipinski definition) is 4. The van der Waals surface area contributed by atoms with Crippen molar-refractivity contribution >= 4 is 27.5 Å². The molecule has 1 aliphatic carbocycles. The van der Waals surface area contributed by atoms with Gasteiger partial charge < -0.3 is 20.9 Å². The first-order valence-corrected chi connectivity index (χ1v) is 6.61. The summed E-state index contributed by atoms with van der Waals surface area (Å²) in [6.45, 7) is 0.639. The van der Waals surface area contributed by atoms with Crippen LogP contribution in [0.3, 0.4) is 0 Å². The molecule has 1 saturated carbocycles. The van der Waals surface area contributed by atoms with Crippen LogP contribution in [-0.2, 0) is 0 Å². The van der Waals surface area contributed by atoms with Gasteiger partial charge in [0.2, 0.25) is 0 Å². The van der Waals surface area contributed by atoms with Gasteiger partial charge in [0.1, 0.15) is 0 Å². The molecule has 0 saturated heterocycles. The van der Waals surface area contributed by atoms with Crippen LogP contribution in [0.25, 0.3) is 0 Å². The number of aliphatic hydroxyl groups is 1. The Balaban J connectivity index is 2.41. The Bertz CT molecular complexity index is 461. The predicted molar refractivity (Wildman–Crippen MR) is 74.1 cm³/mol. The zero-order valence-electron chi connectivity index (χ0n) is 9.88. The molecule has 1 aromatic carbocycles. The molecule has 5 nitrogen and oxygen atoms in total. The predicted octanol–water partition coefficient (Wildman–Crippen LogP) is 1.50. The monoisotopic (exact) mass is 313 g/mol. The Morgan fingerprint density at radius 1 is 1.50 bits per heavy atom. The number of nitrogens with two attached hydrogens (primary N) is 1. The van der Waals surface area contributed by atoms with E-state index >= 15 is 0 Å². The maximum absolute atomic E-state index is 9.15. The molecule has 0 spiro atoms. The molecule has 0 radical (unpaired) electrons. The third-order valence-corrected chi connectivity index (χ3v) is 3.47. The Morgan fingerprint density at radius 2 is 2.22 bits per heavy atom. The quantitative estimate of drug-likeness (QED) is 0.333. The second-order valence-corrected chi connectivity index (χ2v) is 5.21. The first kappa shape index (κ1) is 13.2. The number of nitrogens with zero attached hydrogens (tertiary/aromatic N) is 2. The first-order valence-electron chi connectivity index (χ1n) is 5.82. The molecule has 1 aliphatic rings. The van der Waals surface area contributed by atoms with Gasteiger partial charge in [-0.15, -0.1) is 0 Å². The van der Waals surface area contributed by atoms with E-state index in [0.717, 1.165) is 23.0 Å². The number of oxime groups is 1. The SMILES string of the molecule is N/C(=N/O)c1cc(Br)ccc1N(CCO)C1CC1. The van der Waals surface area contributed by atoms with E-state index in [-0.39, 0.29) is 12.4 Å². The maximum atomic E-state index is 9.15. The normalized spacial score (nSPS) is 15.8. The molecule has 0 amide bonds. The lowest BCUT2D eigenvalue weighted by atomic mass is 10.1. The van der Waals surface area contributed by atoms with Gasteiger partial charge >= 0.3 is 0 Å². The van der Waals surface area contributed by atoms with Crippen molar-refractivity contribution in [2.75, 3.05) is 18.1 Å². The highest BCUT2D eigenvalue weighted by Gasteiger charge is 2.30. The van der Waals surface area contributed by atoms with Crippen LogP contribution < -0.4 is 10.6 Å². The van der Waals surface area contributed by atoms with Crippen LogP contribution in [0.15, 0.2) is 27.8 Å². The molecule has 0 aliphatic heterocycles. The van der Waals surface area contributed by atoms with E-state index in [4.69, 9.17) is 16.0 Å². The van der Waals surface area contributed by atoms with Crippen molar-refractivity contribution in [2.45, 2.75) is 18.9 Å². The van der Waals surface area contributed by atoms with E-state index in [0.29, 0.717) is 18.2 Å². The topological polar surface area (TPSA) is 82.1 Å². The number of anilines is 1. The van der Waals surface area contributed by atoms with Gasteiger partial charge in [-0.2, -0.15) is 0 Å². The molecule has 2 rings (SSSR count). The van der Waals surface area contributed by atoms with Crippen molar-refractivity contribution in [2.24, 2.45) is 10.9 Å². The molecule has 98 valence electrons. The standard InChI is InChI=1S/C12H16BrN3O2/c13-8-1-4-11(10(7-8)12(14)15-18)16(5-6-17)9-2-3-9/h1,4,7,9,17-18H,2-3,5-6H2,(H2,14,15). The molecule has 18 heavy (non-hydrogen) atoms. The molecule has 6 heteroatoms. The van der Waals surface area contributed by atoms with Crippen LogP contribution >= 0.6 is 15.9 Å². The largest absolute Gasteiger partial charge is 0.409 e. The average Bonchev–Trinajstić information content (AvgIpc) is 3.19. The molecule has 0 atom stereocenters. The number of benzene rings is 1. The average molecular weight is 314 g/mol. The molecular formula is C12H16BrN3O2. The van der Waals surface area contributed by atoms with Gasteiger partial charge in [0.05, 0.1) is 6.61 Å². The van der Waals surface area contributed by atoms with Crippen molar-refractivity contribution in [1.29, 1.82) is 0 Å². The second-order valence-electron chi connectivity index (χ2n) is 4.29. The minimum Gasteiger partial charge on any atom is -0.409 e. The Labute approximate surface area is 114 Å². The molecule has 0 heterocycles. The molecular weight excluding hydrogens is 298 g/mol. The van der Waals surface area contributed by atoms with Crippen LogP contribution in [0.1, 0.15) is 18.4 Å². The smallest absolute Gasteiger partial charge is 0.172 e. The second kappa shape index (κ2) is 5.58. The van der Waals surface area contributed by atoms with E-state index in [1.54, 1.807) is 0 Å². The Kier molecular flexibility index (Phi) is 4.08. The summed E-state index contributed by atoms with van der Waals surface area (Å²) < 4.78 is 0.868. The number of hydrogen-bond donors (Lipinski definition) is 3. The summed E-state index contributed by atoms with van der Waals surface area (Å²) in [6.07, 6.45) is 2.23. The summed E-state index contributed by atoms with van der Waals surface area (Å²) in [5, 5.41) is 21.1. The van der Waals surface area contributed by atoms with Crippen LogP contribution in [0.4, 0.5) is 5.69 Å². The molecule has 0 bridgehead atoms. The number of aliphatic hydroxyl groups excluding tert-OH is 1. The van der Waals surface area contributed by atoms with Gasteiger partial charge in [-0.05, 0) is 31.0 Å². The first-order chi connectivity index (χ1) is 8.67. The summed E-state index contributed by atoms with van der Waals surface area (Å²) in [5.41, 5.74) is 7.28. The fourth-order valence-electron chi connectivity index (χ4n) is 2.01. The van der Waals surface area contributed by atoms with Crippen LogP contribution in [-0.4, -0.2) is 35.3 Å². The van der Waals surface area contributed by atoms with E-state index < -0.39 is 0 Å².